The minimum absolute atomic E-state index is 0.709. The number of hydrogen-bond acceptors (Lipinski definition) is 4. The summed E-state index contributed by atoms with van der Waals surface area (Å²) in [7, 11) is 0. The van der Waals surface area contributed by atoms with E-state index in [9.17, 15) is 0 Å². The minimum atomic E-state index is 0.709. The van der Waals surface area contributed by atoms with E-state index in [2.05, 4.69) is 41.5 Å². The Labute approximate surface area is 116 Å². The van der Waals surface area contributed by atoms with Crippen LogP contribution in [-0.4, -0.2) is 4.98 Å². The summed E-state index contributed by atoms with van der Waals surface area (Å²) < 4.78 is 1.12. The van der Waals surface area contributed by atoms with Crippen LogP contribution in [0, 0.1) is 0 Å². The molecule has 96 valence electrons. The van der Waals surface area contributed by atoms with E-state index in [1.807, 2.05) is 17.6 Å². The highest BCUT2D eigenvalue weighted by atomic mass is 32.1. The average Bonchev–Trinajstić information content (AvgIpc) is 2.91. The molecule has 1 aromatic heterocycles. The lowest BCUT2D eigenvalue weighted by Crippen LogP contribution is -1.97. The van der Waals surface area contributed by atoms with Gasteiger partial charge in [-0.25, -0.2) is 4.98 Å². The predicted molar refractivity (Wildman–Crippen MR) is 83.1 cm³/mol. The molecule has 3 aromatic rings. The van der Waals surface area contributed by atoms with E-state index in [1.165, 1.54) is 5.56 Å². The molecule has 3 nitrogen and oxygen atoms in total. The van der Waals surface area contributed by atoms with Crippen molar-refractivity contribution >= 4 is 38.6 Å². The Morgan fingerprint density at radius 3 is 3.00 bits per heavy atom. The SMILES string of the molecule is CCc1cccc(Nc2ccc3scnc3c2N)c1. The Morgan fingerprint density at radius 2 is 2.16 bits per heavy atom. The average molecular weight is 269 g/mol. The number of nitrogens with zero attached hydrogens (tertiary/aromatic N) is 1. The summed E-state index contributed by atoms with van der Waals surface area (Å²) >= 11 is 1.60. The molecule has 0 saturated heterocycles. The van der Waals surface area contributed by atoms with E-state index in [4.69, 9.17) is 5.73 Å². The molecule has 0 amide bonds. The number of aryl methyl sites for hydroxylation is 1. The molecule has 0 atom stereocenters. The largest absolute Gasteiger partial charge is 0.395 e. The van der Waals surface area contributed by atoms with E-state index in [0.717, 1.165) is 28.0 Å². The zero-order valence-electron chi connectivity index (χ0n) is 10.7. The Bertz CT molecular complexity index is 718. The van der Waals surface area contributed by atoms with Crippen LogP contribution < -0.4 is 11.1 Å². The number of nitrogens with one attached hydrogen (secondary N) is 1. The molecule has 0 radical (unpaired) electrons. The monoisotopic (exact) mass is 269 g/mol. The van der Waals surface area contributed by atoms with Gasteiger partial charge in [-0.1, -0.05) is 19.1 Å². The van der Waals surface area contributed by atoms with Crippen molar-refractivity contribution in [3.8, 4) is 0 Å². The fourth-order valence-corrected chi connectivity index (χ4v) is 2.78. The topological polar surface area (TPSA) is 50.9 Å². The molecule has 0 fully saturated rings. The Kier molecular flexibility index (Phi) is 3.09. The highest BCUT2D eigenvalue weighted by Gasteiger charge is 2.07. The van der Waals surface area contributed by atoms with Gasteiger partial charge in [-0.3, -0.25) is 0 Å². The number of aromatic nitrogens is 1. The maximum absolute atomic E-state index is 6.16. The standard InChI is InChI=1S/C15H15N3S/c1-2-10-4-3-5-11(8-10)18-12-6-7-13-15(14(12)16)17-9-19-13/h3-9,18H,2,16H2,1H3. The second kappa shape index (κ2) is 4.90. The van der Waals surface area contributed by atoms with Crippen molar-refractivity contribution in [2.75, 3.05) is 11.1 Å². The third kappa shape index (κ3) is 2.27. The molecular weight excluding hydrogens is 254 g/mol. The van der Waals surface area contributed by atoms with Crippen LogP contribution in [-0.2, 0) is 6.42 Å². The third-order valence-corrected chi connectivity index (χ3v) is 3.95. The number of hydrogen-bond donors (Lipinski definition) is 2. The molecule has 1 heterocycles. The maximum Gasteiger partial charge on any atom is 0.106 e. The molecule has 0 saturated carbocycles. The fraction of sp³-hybridized carbons (Fsp3) is 0.133. The van der Waals surface area contributed by atoms with E-state index < -0.39 is 0 Å². The van der Waals surface area contributed by atoms with Gasteiger partial charge in [-0.2, -0.15) is 0 Å². The summed E-state index contributed by atoms with van der Waals surface area (Å²) in [6.07, 6.45) is 1.02. The number of rotatable bonds is 3. The molecule has 2 aromatic carbocycles. The second-order valence-corrected chi connectivity index (χ2v) is 5.29. The van der Waals surface area contributed by atoms with E-state index in [1.54, 1.807) is 11.3 Å². The molecule has 3 N–H and O–H groups in total. The number of nitrogens with two attached hydrogens (primary N) is 1. The smallest absolute Gasteiger partial charge is 0.106 e. The number of benzene rings is 2. The Morgan fingerprint density at radius 1 is 1.26 bits per heavy atom. The van der Waals surface area contributed by atoms with Gasteiger partial charge in [-0.05, 0) is 36.2 Å². The molecule has 0 aliphatic rings. The summed E-state index contributed by atoms with van der Waals surface area (Å²) in [5.74, 6) is 0. The van der Waals surface area contributed by atoms with Gasteiger partial charge in [0, 0.05) is 5.69 Å². The van der Waals surface area contributed by atoms with Gasteiger partial charge in [0.2, 0.25) is 0 Å². The van der Waals surface area contributed by atoms with Crippen LogP contribution in [0.15, 0.2) is 41.9 Å². The van der Waals surface area contributed by atoms with Crippen LogP contribution in [0.3, 0.4) is 0 Å². The zero-order valence-corrected chi connectivity index (χ0v) is 11.5. The normalized spacial score (nSPS) is 10.8. The summed E-state index contributed by atoms with van der Waals surface area (Å²) in [4.78, 5) is 4.31. The first kappa shape index (κ1) is 12.0. The van der Waals surface area contributed by atoms with Crippen molar-refractivity contribution in [1.29, 1.82) is 0 Å². The highest BCUT2D eigenvalue weighted by Crippen LogP contribution is 2.31. The van der Waals surface area contributed by atoms with Crippen LogP contribution in [0.1, 0.15) is 12.5 Å². The first-order valence-electron chi connectivity index (χ1n) is 6.25. The van der Waals surface area contributed by atoms with E-state index in [-0.39, 0.29) is 0 Å². The van der Waals surface area contributed by atoms with Crippen LogP contribution in [0.25, 0.3) is 10.2 Å². The summed E-state index contributed by atoms with van der Waals surface area (Å²) in [5.41, 5.74) is 12.8. The quantitative estimate of drug-likeness (QED) is 0.701. The van der Waals surface area contributed by atoms with Crippen LogP contribution in [0.5, 0.6) is 0 Å². The first-order valence-corrected chi connectivity index (χ1v) is 7.13. The van der Waals surface area contributed by atoms with Crippen LogP contribution in [0.2, 0.25) is 0 Å². The summed E-state index contributed by atoms with van der Waals surface area (Å²) in [6.45, 7) is 2.15. The van der Waals surface area contributed by atoms with Crippen molar-refractivity contribution in [1.82, 2.24) is 4.98 Å². The van der Waals surface area contributed by atoms with Gasteiger partial charge >= 0.3 is 0 Å². The lowest BCUT2D eigenvalue weighted by molar-refractivity contribution is 1.14. The molecule has 0 bridgehead atoms. The van der Waals surface area contributed by atoms with Crippen molar-refractivity contribution in [3.63, 3.8) is 0 Å². The molecule has 4 heteroatoms. The van der Waals surface area contributed by atoms with Gasteiger partial charge in [0.15, 0.2) is 0 Å². The molecule has 0 unspecified atom stereocenters. The van der Waals surface area contributed by atoms with Gasteiger partial charge in [-0.15, -0.1) is 11.3 Å². The first-order chi connectivity index (χ1) is 9.28. The molecular formula is C15H15N3S. The van der Waals surface area contributed by atoms with Gasteiger partial charge in [0.05, 0.1) is 21.6 Å². The van der Waals surface area contributed by atoms with Crippen LogP contribution >= 0.6 is 11.3 Å². The summed E-state index contributed by atoms with van der Waals surface area (Å²) in [6, 6.07) is 12.4. The number of anilines is 3. The van der Waals surface area contributed by atoms with Crippen molar-refractivity contribution in [3.05, 3.63) is 47.5 Å². The van der Waals surface area contributed by atoms with Crippen molar-refractivity contribution in [2.24, 2.45) is 0 Å². The second-order valence-electron chi connectivity index (χ2n) is 4.40. The Hall–Kier alpha value is -2.07. The minimum Gasteiger partial charge on any atom is -0.395 e. The van der Waals surface area contributed by atoms with Crippen molar-refractivity contribution in [2.45, 2.75) is 13.3 Å². The third-order valence-electron chi connectivity index (χ3n) is 3.16. The lowest BCUT2D eigenvalue weighted by Gasteiger charge is -2.10. The predicted octanol–water partition coefficient (Wildman–Crippen LogP) is 4.18. The zero-order chi connectivity index (χ0) is 13.2. The molecule has 0 aliphatic heterocycles. The molecule has 0 aliphatic carbocycles. The van der Waals surface area contributed by atoms with Crippen molar-refractivity contribution < 1.29 is 0 Å². The van der Waals surface area contributed by atoms with Gasteiger partial charge < -0.3 is 11.1 Å². The highest BCUT2D eigenvalue weighted by molar-refractivity contribution is 7.16. The molecule has 3 rings (SSSR count). The maximum atomic E-state index is 6.16. The van der Waals surface area contributed by atoms with Crippen LogP contribution in [0.4, 0.5) is 17.1 Å². The summed E-state index contributed by atoms with van der Waals surface area (Å²) in [5, 5.41) is 3.37. The number of nitrogen functional groups attached to an aromatic ring is 1. The van der Waals surface area contributed by atoms with E-state index >= 15 is 0 Å². The van der Waals surface area contributed by atoms with Gasteiger partial charge in [0.25, 0.3) is 0 Å². The molecule has 0 spiro atoms. The van der Waals surface area contributed by atoms with Gasteiger partial charge in [0.1, 0.15) is 5.52 Å². The number of thiazole rings is 1. The number of fused-ring (bicyclic) bond motifs is 1. The fourth-order valence-electron chi connectivity index (χ4n) is 2.09. The van der Waals surface area contributed by atoms with E-state index in [0.29, 0.717) is 5.69 Å². The molecule has 19 heavy (non-hydrogen) atoms. The Balaban J connectivity index is 1.98. The lowest BCUT2D eigenvalue weighted by atomic mass is 10.1.